The van der Waals surface area contributed by atoms with E-state index in [4.69, 9.17) is 9.47 Å². The van der Waals surface area contributed by atoms with Crippen molar-refractivity contribution in [2.45, 2.75) is 72.1 Å². The lowest BCUT2D eigenvalue weighted by atomic mass is 10.1. The molecule has 0 saturated heterocycles. The predicted octanol–water partition coefficient (Wildman–Crippen LogP) is 2.66. The van der Waals surface area contributed by atoms with Gasteiger partial charge >= 0.3 is 12.2 Å². The molecule has 0 bridgehead atoms. The molecule has 0 atom stereocenters. The first-order valence-electron chi connectivity index (χ1n) is 7.37. The molecule has 0 aliphatic heterocycles. The van der Waals surface area contributed by atoms with Crippen molar-refractivity contribution in [1.82, 2.24) is 10.0 Å². The minimum absolute atomic E-state index is 0.672. The van der Waals surface area contributed by atoms with Gasteiger partial charge in [0.1, 0.15) is 11.2 Å². The SMILES string of the molecule is CC(C)(/C=C/S(=O)(=O)NC(=O)OC(C)(C)C)NC(=O)OC(C)(C)C. The minimum Gasteiger partial charge on any atom is -0.444 e. The third-order valence-electron chi connectivity index (χ3n) is 2.11. The molecule has 140 valence electrons. The van der Waals surface area contributed by atoms with Gasteiger partial charge in [-0.05, 0) is 61.5 Å². The Hall–Kier alpha value is -1.77. The molecule has 0 aliphatic rings. The molecule has 0 aromatic rings. The van der Waals surface area contributed by atoms with Gasteiger partial charge in [-0.2, -0.15) is 0 Å². The summed E-state index contributed by atoms with van der Waals surface area (Å²) in [6, 6.07) is 0. The summed E-state index contributed by atoms with van der Waals surface area (Å²) in [5.41, 5.74) is -2.50. The Labute approximate surface area is 144 Å². The first-order valence-corrected chi connectivity index (χ1v) is 8.92. The average Bonchev–Trinajstić information content (AvgIpc) is 2.19. The number of alkyl carbamates (subject to hydrolysis) is 1. The Morgan fingerprint density at radius 3 is 1.67 bits per heavy atom. The molecule has 0 aromatic carbocycles. The van der Waals surface area contributed by atoms with Crippen molar-refractivity contribution in [1.29, 1.82) is 0 Å². The number of hydrogen-bond donors (Lipinski definition) is 2. The Morgan fingerprint density at radius 1 is 0.833 bits per heavy atom. The van der Waals surface area contributed by atoms with Crippen LogP contribution in [-0.2, 0) is 19.5 Å². The first-order chi connectivity index (χ1) is 10.4. The predicted molar refractivity (Wildman–Crippen MR) is 90.9 cm³/mol. The number of sulfonamides is 1. The number of carbonyl (C=O) groups excluding carboxylic acids is 2. The summed E-state index contributed by atoms with van der Waals surface area (Å²) in [6.07, 6.45) is -0.538. The van der Waals surface area contributed by atoms with Gasteiger partial charge in [-0.3, -0.25) is 0 Å². The lowest BCUT2D eigenvalue weighted by Crippen LogP contribution is -2.44. The highest BCUT2D eigenvalue weighted by Crippen LogP contribution is 2.11. The van der Waals surface area contributed by atoms with Crippen molar-refractivity contribution in [3.05, 3.63) is 11.5 Å². The molecule has 9 heteroatoms. The van der Waals surface area contributed by atoms with Gasteiger partial charge in [0, 0.05) is 5.41 Å². The van der Waals surface area contributed by atoms with Crippen molar-refractivity contribution >= 4 is 22.2 Å². The Bertz CT molecular complexity index is 594. The quantitative estimate of drug-likeness (QED) is 0.793. The zero-order valence-corrected chi connectivity index (χ0v) is 16.3. The van der Waals surface area contributed by atoms with Crippen LogP contribution >= 0.6 is 0 Å². The second-order valence-corrected chi connectivity index (χ2v) is 9.37. The molecule has 0 rings (SSSR count). The number of rotatable bonds is 4. The van der Waals surface area contributed by atoms with Gasteiger partial charge < -0.3 is 14.8 Å². The van der Waals surface area contributed by atoms with Crippen molar-refractivity contribution in [3.63, 3.8) is 0 Å². The summed E-state index contributed by atoms with van der Waals surface area (Å²) in [4.78, 5) is 23.2. The van der Waals surface area contributed by atoms with E-state index in [9.17, 15) is 18.0 Å². The zero-order valence-electron chi connectivity index (χ0n) is 15.5. The van der Waals surface area contributed by atoms with Crippen LogP contribution in [0.2, 0.25) is 0 Å². The molecule has 0 heterocycles. The molecule has 0 saturated carbocycles. The highest BCUT2D eigenvalue weighted by atomic mass is 32.2. The van der Waals surface area contributed by atoms with Gasteiger partial charge in [-0.1, -0.05) is 0 Å². The third-order valence-corrected chi connectivity index (χ3v) is 3.06. The van der Waals surface area contributed by atoms with Crippen molar-refractivity contribution in [2.75, 3.05) is 0 Å². The van der Waals surface area contributed by atoms with Gasteiger partial charge in [-0.25, -0.2) is 22.7 Å². The molecule has 2 amide bonds. The van der Waals surface area contributed by atoms with Crippen molar-refractivity contribution in [2.24, 2.45) is 0 Å². The maximum atomic E-state index is 11.8. The lowest BCUT2D eigenvalue weighted by molar-refractivity contribution is 0.0488. The van der Waals surface area contributed by atoms with Crippen LogP contribution in [0, 0.1) is 0 Å². The van der Waals surface area contributed by atoms with Crippen molar-refractivity contribution in [3.8, 4) is 0 Å². The van der Waals surface area contributed by atoms with Crippen molar-refractivity contribution < 1.29 is 27.5 Å². The highest BCUT2D eigenvalue weighted by molar-refractivity contribution is 7.92. The Kier molecular flexibility index (Phi) is 6.87. The molecule has 0 aliphatic carbocycles. The third kappa shape index (κ3) is 11.8. The summed E-state index contributed by atoms with van der Waals surface area (Å²) >= 11 is 0. The fraction of sp³-hybridized carbons (Fsp3) is 0.733. The largest absolute Gasteiger partial charge is 0.444 e. The normalized spacial score (nSPS) is 13.5. The van der Waals surface area contributed by atoms with Crippen LogP contribution in [0.3, 0.4) is 0 Å². The molecule has 0 unspecified atom stereocenters. The van der Waals surface area contributed by atoms with E-state index in [1.54, 1.807) is 60.1 Å². The van der Waals surface area contributed by atoms with Gasteiger partial charge in [0.25, 0.3) is 10.0 Å². The second-order valence-electron chi connectivity index (χ2n) is 7.80. The molecule has 0 radical (unpaired) electrons. The number of ether oxygens (including phenoxy) is 2. The molecule has 0 aromatic heterocycles. The molecule has 0 fully saturated rings. The van der Waals surface area contributed by atoms with Gasteiger partial charge in [0.15, 0.2) is 0 Å². The molecular formula is C15H28N2O6S. The monoisotopic (exact) mass is 364 g/mol. The number of nitrogens with one attached hydrogen (secondary N) is 2. The minimum atomic E-state index is -4.05. The first kappa shape index (κ1) is 22.2. The van der Waals surface area contributed by atoms with E-state index in [2.05, 4.69) is 5.32 Å². The fourth-order valence-electron chi connectivity index (χ4n) is 1.32. The molecule has 0 spiro atoms. The summed E-state index contributed by atoms with van der Waals surface area (Å²) < 4.78 is 35.4. The van der Waals surface area contributed by atoms with Crippen LogP contribution < -0.4 is 10.0 Å². The van der Waals surface area contributed by atoms with Crippen LogP contribution in [0.5, 0.6) is 0 Å². The topological polar surface area (TPSA) is 111 Å². The van der Waals surface area contributed by atoms with Gasteiger partial charge in [0.2, 0.25) is 0 Å². The zero-order chi connectivity index (χ0) is 19.4. The van der Waals surface area contributed by atoms with E-state index in [0.29, 0.717) is 0 Å². The second kappa shape index (κ2) is 7.42. The average molecular weight is 364 g/mol. The van der Waals surface area contributed by atoms with E-state index >= 15 is 0 Å². The van der Waals surface area contributed by atoms with Crippen LogP contribution in [0.25, 0.3) is 0 Å². The standard InChI is InChI=1S/C15H28N2O6S/c1-13(2,3)22-11(18)16-15(7,8)9-10-24(20,21)17-12(19)23-14(4,5)6/h9-10H,1-8H3,(H,16,18)(H,17,19)/b10-9+. The number of amides is 2. The van der Waals surface area contributed by atoms with Crippen LogP contribution in [0.1, 0.15) is 55.4 Å². The van der Waals surface area contributed by atoms with Gasteiger partial charge in [0.05, 0.1) is 5.54 Å². The maximum absolute atomic E-state index is 11.8. The molecule has 2 N–H and O–H groups in total. The Balaban J connectivity index is 4.84. The van der Waals surface area contributed by atoms with E-state index in [1.165, 1.54) is 6.08 Å². The lowest BCUT2D eigenvalue weighted by Gasteiger charge is -2.26. The molecule has 8 nitrogen and oxygen atoms in total. The molecule has 24 heavy (non-hydrogen) atoms. The summed E-state index contributed by atoms with van der Waals surface area (Å²) in [6.45, 7) is 13.1. The summed E-state index contributed by atoms with van der Waals surface area (Å²) in [5.74, 6) is 0. The van der Waals surface area contributed by atoms with Crippen LogP contribution in [-0.4, -0.2) is 37.3 Å². The Morgan fingerprint density at radius 2 is 1.25 bits per heavy atom. The number of hydrogen-bond acceptors (Lipinski definition) is 6. The van der Waals surface area contributed by atoms with Crippen LogP contribution in [0.15, 0.2) is 11.5 Å². The van der Waals surface area contributed by atoms with E-state index < -0.39 is 39.0 Å². The maximum Gasteiger partial charge on any atom is 0.421 e. The highest BCUT2D eigenvalue weighted by Gasteiger charge is 2.24. The van der Waals surface area contributed by atoms with E-state index in [-0.39, 0.29) is 0 Å². The van der Waals surface area contributed by atoms with Gasteiger partial charge in [-0.15, -0.1) is 0 Å². The molecular weight excluding hydrogens is 336 g/mol. The smallest absolute Gasteiger partial charge is 0.421 e. The fourth-order valence-corrected chi connectivity index (χ4v) is 2.18. The number of carbonyl (C=O) groups is 2. The van der Waals surface area contributed by atoms with Crippen LogP contribution in [0.4, 0.5) is 9.59 Å². The van der Waals surface area contributed by atoms with E-state index in [0.717, 1.165) is 5.41 Å². The summed E-state index contributed by atoms with van der Waals surface area (Å²) in [7, 11) is -4.05. The summed E-state index contributed by atoms with van der Waals surface area (Å²) in [5, 5.41) is 3.31. The van der Waals surface area contributed by atoms with E-state index in [1.807, 2.05) is 0 Å².